The summed E-state index contributed by atoms with van der Waals surface area (Å²) < 4.78 is 0. The van der Waals surface area contributed by atoms with Crippen LogP contribution in [-0.2, 0) is 6.42 Å². The van der Waals surface area contributed by atoms with Crippen molar-refractivity contribution < 1.29 is 0 Å². The van der Waals surface area contributed by atoms with Crippen LogP contribution in [0, 0.1) is 0 Å². The van der Waals surface area contributed by atoms with Crippen LogP contribution in [0.15, 0.2) is 30.8 Å². The molecule has 0 bridgehead atoms. The Morgan fingerprint density at radius 2 is 1.77 bits per heavy atom. The highest BCUT2D eigenvalue weighted by Crippen LogP contribution is 2.28. The van der Waals surface area contributed by atoms with Crippen molar-refractivity contribution in [1.29, 1.82) is 0 Å². The predicted octanol–water partition coefficient (Wildman–Crippen LogP) is 4.06. The Morgan fingerprint density at radius 1 is 1.08 bits per heavy atom. The molecule has 0 aliphatic heterocycles. The summed E-state index contributed by atoms with van der Waals surface area (Å²) in [7, 11) is 0. The summed E-state index contributed by atoms with van der Waals surface area (Å²) in [6.07, 6.45) is 3.68. The standard InChI is InChI=1S/C11H12.C2H6/c1-9-5-4-7-10-6-2-3-8-11(9)10;1-2/h2-3,6,8H,1,4-5,7H2;1-2H3. The van der Waals surface area contributed by atoms with Crippen molar-refractivity contribution in [3.05, 3.63) is 42.0 Å². The highest BCUT2D eigenvalue weighted by molar-refractivity contribution is 5.67. The van der Waals surface area contributed by atoms with Gasteiger partial charge in [0.25, 0.3) is 0 Å². The van der Waals surface area contributed by atoms with E-state index in [1.165, 1.54) is 36.0 Å². The number of benzene rings is 1. The van der Waals surface area contributed by atoms with E-state index < -0.39 is 0 Å². The molecule has 0 N–H and O–H groups in total. The van der Waals surface area contributed by atoms with Crippen LogP contribution in [0.25, 0.3) is 5.57 Å². The minimum absolute atomic E-state index is 1.18. The van der Waals surface area contributed by atoms with Crippen LogP contribution in [0.3, 0.4) is 0 Å². The minimum Gasteiger partial charge on any atom is -0.0952 e. The molecular formula is C13H18. The number of hydrogen-bond acceptors (Lipinski definition) is 0. The Kier molecular flexibility index (Phi) is 3.75. The summed E-state index contributed by atoms with van der Waals surface area (Å²) in [5.41, 5.74) is 4.18. The molecule has 0 heteroatoms. The molecule has 0 saturated carbocycles. The predicted molar refractivity (Wildman–Crippen MR) is 59.8 cm³/mol. The maximum atomic E-state index is 4.06. The van der Waals surface area contributed by atoms with E-state index >= 15 is 0 Å². The van der Waals surface area contributed by atoms with Crippen LogP contribution in [0.4, 0.5) is 0 Å². The summed E-state index contributed by atoms with van der Waals surface area (Å²) in [5, 5.41) is 0. The van der Waals surface area contributed by atoms with Crippen molar-refractivity contribution in [2.24, 2.45) is 0 Å². The second-order valence-corrected chi connectivity index (χ2v) is 3.11. The molecule has 0 heterocycles. The Morgan fingerprint density at radius 3 is 2.46 bits per heavy atom. The maximum absolute atomic E-state index is 4.06. The SMILES string of the molecule is C=C1CCCc2ccccc21.CC. The molecule has 1 aromatic rings. The van der Waals surface area contributed by atoms with Crippen LogP contribution in [-0.4, -0.2) is 0 Å². The van der Waals surface area contributed by atoms with E-state index in [2.05, 4.69) is 30.8 Å². The first-order valence-corrected chi connectivity index (χ1v) is 5.14. The van der Waals surface area contributed by atoms with E-state index in [1.54, 1.807) is 0 Å². The molecule has 1 aromatic carbocycles. The maximum Gasteiger partial charge on any atom is -0.0198 e. The van der Waals surface area contributed by atoms with Gasteiger partial charge in [0.05, 0.1) is 0 Å². The van der Waals surface area contributed by atoms with Gasteiger partial charge in [-0.1, -0.05) is 44.7 Å². The highest BCUT2D eigenvalue weighted by atomic mass is 14.1. The summed E-state index contributed by atoms with van der Waals surface area (Å²) in [6, 6.07) is 8.59. The molecular weight excluding hydrogens is 156 g/mol. The summed E-state index contributed by atoms with van der Waals surface area (Å²) in [4.78, 5) is 0. The zero-order chi connectivity index (χ0) is 9.68. The van der Waals surface area contributed by atoms with E-state index in [0.717, 1.165) is 0 Å². The molecule has 0 aromatic heterocycles. The molecule has 1 aliphatic rings. The smallest absolute Gasteiger partial charge is 0.0198 e. The van der Waals surface area contributed by atoms with Gasteiger partial charge in [-0.05, 0) is 36.0 Å². The third-order valence-electron chi connectivity index (χ3n) is 2.32. The van der Waals surface area contributed by atoms with Gasteiger partial charge in [0.2, 0.25) is 0 Å². The first-order valence-electron chi connectivity index (χ1n) is 5.14. The Balaban J connectivity index is 0.000000396. The average molecular weight is 174 g/mol. The van der Waals surface area contributed by atoms with E-state index in [1.807, 2.05) is 13.8 Å². The molecule has 0 unspecified atom stereocenters. The quantitative estimate of drug-likeness (QED) is 0.556. The normalized spacial score (nSPS) is 14.2. The summed E-state index contributed by atoms with van der Waals surface area (Å²) in [5.74, 6) is 0. The van der Waals surface area contributed by atoms with Crippen LogP contribution in [0.2, 0.25) is 0 Å². The van der Waals surface area contributed by atoms with Gasteiger partial charge in [0.15, 0.2) is 0 Å². The zero-order valence-corrected chi connectivity index (χ0v) is 8.64. The molecule has 0 radical (unpaired) electrons. The van der Waals surface area contributed by atoms with Gasteiger partial charge in [-0.2, -0.15) is 0 Å². The molecule has 2 rings (SSSR count). The van der Waals surface area contributed by atoms with Gasteiger partial charge in [-0.3, -0.25) is 0 Å². The van der Waals surface area contributed by atoms with Crippen LogP contribution in [0.5, 0.6) is 0 Å². The van der Waals surface area contributed by atoms with Crippen LogP contribution in [0.1, 0.15) is 37.8 Å². The van der Waals surface area contributed by atoms with Crippen LogP contribution >= 0.6 is 0 Å². The fourth-order valence-electron chi connectivity index (χ4n) is 1.71. The van der Waals surface area contributed by atoms with Crippen molar-refractivity contribution in [2.45, 2.75) is 33.1 Å². The van der Waals surface area contributed by atoms with Crippen molar-refractivity contribution >= 4 is 5.57 Å². The Labute approximate surface area is 81.3 Å². The lowest BCUT2D eigenvalue weighted by molar-refractivity contribution is 0.823. The lowest BCUT2D eigenvalue weighted by atomic mass is 9.88. The fraction of sp³-hybridized carbons (Fsp3) is 0.385. The molecule has 0 fully saturated rings. The molecule has 0 atom stereocenters. The lowest BCUT2D eigenvalue weighted by Gasteiger charge is -2.16. The van der Waals surface area contributed by atoms with Gasteiger partial charge in [0, 0.05) is 0 Å². The number of allylic oxidation sites excluding steroid dienone is 1. The second-order valence-electron chi connectivity index (χ2n) is 3.11. The van der Waals surface area contributed by atoms with Gasteiger partial charge < -0.3 is 0 Å². The number of fused-ring (bicyclic) bond motifs is 1. The third-order valence-corrected chi connectivity index (χ3v) is 2.32. The monoisotopic (exact) mass is 174 g/mol. The Hall–Kier alpha value is -1.04. The van der Waals surface area contributed by atoms with Crippen molar-refractivity contribution in [2.75, 3.05) is 0 Å². The van der Waals surface area contributed by atoms with Crippen molar-refractivity contribution in [3.8, 4) is 0 Å². The number of rotatable bonds is 0. The number of hydrogen-bond donors (Lipinski definition) is 0. The van der Waals surface area contributed by atoms with E-state index in [9.17, 15) is 0 Å². The first kappa shape index (κ1) is 10.0. The van der Waals surface area contributed by atoms with Gasteiger partial charge in [-0.15, -0.1) is 0 Å². The van der Waals surface area contributed by atoms with Crippen LogP contribution < -0.4 is 0 Å². The molecule has 1 aliphatic carbocycles. The molecule has 0 spiro atoms. The molecule has 0 nitrogen and oxygen atoms in total. The second kappa shape index (κ2) is 4.86. The van der Waals surface area contributed by atoms with Gasteiger partial charge >= 0.3 is 0 Å². The van der Waals surface area contributed by atoms with Gasteiger partial charge in [-0.25, -0.2) is 0 Å². The van der Waals surface area contributed by atoms with E-state index in [-0.39, 0.29) is 0 Å². The Bertz CT molecular complexity index is 284. The lowest BCUT2D eigenvalue weighted by Crippen LogP contribution is -1.99. The third kappa shape index (κ3) is 2.21. The van der Waals surface area contributed by atoms with E-state index in [4.69, 9.17) is 0 Å². The highest BCUT2D eigenvalue weighted by Gasteiger charge is 2.10. The molecule has 70 valence electrons. The molecule has 0 amide bonds. The van der Waals surface area contributed by atoms with Crippen molar-refractivity contribution in [1.82, 2.24) is 0 Å². The fourth-order valence-corrected chi connectivity index (χ4v) is 1.71. The van der Waals surface area contributed by atoms with E-state index in [0.29, 0.717) is 0 Å². The topological polar surface area (TPSA) is 0 Å². The molecule has 0 saturated heterocycles. The van der Waals surface area contributed by atoms with Crippen molar-refractivity contribution in [3.63, 3.8) is 0 Å². The first-order chi connectivity index (χ1) is 6.38. The minimum atomic E-state index is 1.18. The summed E-state index contributed by atoms with van der Waals surface area (Å²) >= 11 is 0. The zero-order valence-electron chi connectivity index (χ0n) is 8.64. The molecule has 13 heavy (non-hydrogen) atoms. The summed E-state index contributed by atoms with van der Waals surface area (Å²) in [6.45, 7) is 8.06. The average Bonchev–Trinajstić information content (AvgIpc) is 2.22. The van der Waals surface area contributed by atoms with Gasteiger partial charge in [0.1, 0.15) is 0 Å². The largest absolute Gasteiger partial charge is 0.0952 e. The number of aryl methyl sites for hydroxylation is 1.